The number of H-pyrrole nitrogens is 1. The number of carbonyl (C=O) groups is 1. The third kappa shape index (κ3) is 2.46. The summed E-state index contributed by atoms with van der Waals surface area (Å²) in [5.41, 5.74) is -0.587. The van der Waals surface area contributed by atoms with Crippen molar-refractivity contribution in [3.05, 3.63) is 68.0 Å². The largest absolute Gasteiger partial charge is 0.364 e. The monoisotopic (exact) mass is 274 g/mol. The van der Waals surface area contributed by atoms with Crippen LogP contribution in [0, 0.1) is 6.92 Å². The van der Waals surface area contributed by atoms with Crippen molar-refractivity contribution < 1.29 is 9.53 Å². The number of hydrogen-bond donors (Lipinski definition) is 1. The number of carbonyl (C=O) groups excluding carboxylic acids is 1. The van der Waals surface area contributed by atoms with Gasteiger partial charge in [-0.1, -0.05) is 30.3 Å². The highest BCUT2D eigenvalue weighted by Crippen LogP contribution is 2.10. The molecule has 0 fully saturated rings. The van der Waals surface area contributed by atoms with Gasteiger partial charge in [0.25, 0.3) is 5.56 Å². The zero-order valence-electron chi connectivity index (χ0n) is 11.2. The maximum Gasteiger partial charge on any atom is 0.330 e. The summed E-state index contributed by atoms with van der Waals surface area (Å²) in [6.07, 6.45) is 0. The van der Waals surface area contributed by atoms with E-state index in [0.29, 0.717) is 5.56 Å². The molecule has 0 aliphatic rings. The van der Waals surface area contributed by atoms with Crippen LogP contribution >= 0.6 is 0 Å². The Labute approximate surface area is 114 Å². The molecule has 20 heavy (non-hydrogen) atoms. The number of aromatic amines is 1. The van der Waals surface area contributed by atoms with Crippen LogP contribution in [0.3, 0.4) is 0 Å². The fraction of sp³-hybridized carbons (Fsp3) is 0.214. The first kappa shape index (κ1) is 14.0. The second kappa shape index (κ2) is 5.66. The molecule has 6 heteroatoms. The van der Waals surface area contributed by atoms with Gasteiger partial charge >= 0.3 is 5.69 Å². The van der Waals surface area contributed by atoms with Crippen molar-refractivity contribution in [3.8, 4) is 0 Å². The molecule has 6 nitrogen and oxygen atoms in total. The molecule has 1 aromatic carbocycles. The first-order valence-corrected chi connectivity index (χ1v) is 5.98. The van der Waals surface area contributed by atoms with Gasteiger partial charge in [0, 0.05) is 18.2 Å². The van der Waals surface area contributed by atoms with Crippen LogP contribution in [0.4, 0.5) is 0 Å². The summed E-state index contributed by atoms with van der Waals surface area (Å²) in [6.45, 7) is 1.39. The molecule has 0 unspecified atom stereocenters. The lowest BCUT2D eigenvalue weighted by Crippen LogP contribution is -2.36. The van der Waals surface area contributed by atoms with Crippen LogP contribution in [-0.2, 0) is 11.5 Å². The van der Waals surface area contributed by atoms with Crippen molar-refractivity contribution in [2.45, 2.75) is 13.7 Å². The lowest BCUT2D eigenvalue weighted by molar-refractivity contribution is 0.0975. The molecule has 104 valence electrons. The predicted octanol–water partition coefficient (Wildman–Crippen LogP) is 0.680. The van der Waals surface area contributed by atoms with Gasteiger partial charge < -0.3 is 4.74 Å². The Kier molecular flexibility index (Phi) is 3.95. The molecule has 1 aromatic heterocycles. The van der Waals surface area contributed by atoms with Crippen molar-refractivity contribution >= 4 is 5.78 Å². The van der Waals surface area contributed by atoms with E-state index in [9.17, 15) is 14.4 Å². The molecule has 0 aliphatic heterocycles. The first-order chi connectivity index (χ1) is 9.56. The van der Waals surface area contributed by atoms with Crippen molar-refractivity contribution in [2.75, 3.05) is 7.11 Å². The van der Waals surface area contributed by atoms with Gasteiger partial charge in [0.15, 0.2) is 0 Å². The number of nitrogens with one attached hydrogen (secondary N) is 1. The average Bonchev–Trinajstić information content (AvgIpc) is 2.45. The standard InChI is InChI=1S/C14H14N2O4/c1-9-11(12(17)10-6-4-3-5-7-10)16(8-20-2)14(19)15-13(9)18/h3-7H,8H2,1-2H3,(H,15,18,19). The molecule has 2 aromatic rings. The molecule has 0 amide bonds. The van der Waals surface area contributed by atoms with Gasteiger partial charge in [-0.25, -0.2) is 4.79 Å². The number of rotatable bonds is 4. The topological polar surface area (TPSA) is 81.2 Å². The summed E-state index contributed by atoms with van der Waals surface area (Å²) in [5, 5.41) is 0. The van der Waals surface area contributed by atoms with E-state index in [4.69, 9.17) is 4.74 Å². The van der Waals surface area contributed by atoms with Crippen molar-refractivity contribution in [1.29, 1.82) is 0 Å². The highest BCUT2D eigenvalue weighted by Gasteiger charge is 2.19. The summed E-state index contributed by atoms with van der Waals surface area (Å²) in [7, 11) is 1.41. The SMILES string of the molecule is COCn1c(C(=O)c2ccccc2)c(C)c(=O)[nH]c1=O. The predicted molar refractivity (Wildman–Crippen MR) is 72.9 cm³/mol. The Bertz CT molecular complexity index is 744. The Morgan fingerprint density at radius 2 is 1.90 bits per heavy atom. The van der Waals surface area contributed by atoms with E-state index >= 15 is 0 Å². The maximum atomic E-state index is 12.5. The van der Waals surface area contributed by atoms with Crippen LogP contribution in [0.1, 0.15) is 21.6 Å². The second-order valence-electron chi connectivity index (χ2n) is 4.27. The number of hydrogen-bond acceptors (Lipinski definition) is 4. The normalized spacial score (nSPS) is 10.5. The average molecular weight is 274 g/mol. The van der Waals surface area contributed by atoms with Gasteiger partial charge in [-0.05, 0) is 6.92 Å². The van der Waals surface area contributed by atoms with Crippen LogP contribution in [0.2, 0.25) is 0 Å². The molecule has 0 bridgehead atoms. The minimum atomic E-state index is -0.665. The quantitative estimate of drug-likeness (QED) is 0.831. The molecule has 0 atom stereocenters. The van der Waals surface area contributed by atoms with Gasteiger partial charge in [-0.2, -0.15) is 0 Å². The Morgan fingerprint density at radius 1 is 1.25 bits per heavy atom. The highest BCUT2D eigenvalue weighted by molar-refractivity contribution is 6.08. The van der Waals surface area contributed by atoms with Crippen molar-refractivity contribution in [1.82, 2.24) is 9.55 Å². The van der Waals surface area contributed by atoms with E-state index in [-0.39, 0.29) is 23.8 Å². The lowest BCUT2D eigenvalue weighted by atomic mass is 10.1. The fourth-order valence-electron chi connectivity index (χ4n) is 1.94. The van der Waals surface area contributed by atoms with Gasteiger partial charge in [-0.3, -0.25) is 19.1 Å². The molecule has 0 spiro atoms. The maximum absolute atomic E-state index is 12.5. The molecule has 0 radical (unpaired) electrons. The van der Waals surface area contributed by atoms with E-state index < -0.39 is 11.2 Å². The molecule has 0 saturated heterocycles. The van der Waals surface area contributed by atoms with E-state index in [1.807, 2.05) is 0 Å². The summed E-state index contributed by atoms with van der Waals surface area (Å²) in [5.74, 6) is -0.386. The Hall–Kier alpha value is -2.47. The Morgan fingerprint density at radius 3 is 2.50 bits per heavy atom. The third-order valence-electron chi connectivity index (χ3n) is 2.94. The van der Waals surface area contributed by atoms with Crippen molar-refractivity contribution in [2.24, 2.45) is 0 Å². The van der Waals surface area contributed by atoms with E-state index in [2.05, 4.69) is 4.98 Å². The molecule has 1 heterocycles. The minimum Gasteiger partial charge on any atom is -0.364 e. The minimum absolute atomic E-state index is 0.0480. The molecule has 1 N–H and O–H groups in total. The third-order valence-corrected chi connectivity index (χ3v) is 2.94. The van der Waals surface area contributed by atoms with Crippen molar-refractivity contribution in [3.63, 3.8) is 0 Å². The number of aromatic nitrogens is 2. The van der Waals surface area contributed by atoms with Gasteiger partial charge in [0.05, 0.1) is 0 Å². The van der Waals surface area contributed by atoms with Crippen LogP contribution in [-0.4, -0.2) is 22.4 Å². The highest BCUT2D eigenvalue weighted by atomic mass is 16.5. The van der Waals surface area contributed by atoms with Crippen LogP contribution in [0.25, 0.3) is 0 Å². The number of methoxy groups -OCH3 is 1. The zero-order chi connectivity index (χ0) is 14.7. The van der Waals surface area contributed by atoms with Crippen LogP contribution in [0.15, 0.2) is 39.9 Å². The molecule has 0 aliphatic carbocycles. The summed E-state index contributed by atoms with van der Waals surface area (Å²) < 4.78 is 6.04. The number of benzene rings is 1. The fourth-order valence-corrected chi connectivity index (χ4v) is 1.94. The molecular formula is C14H14N2O4. The van der Waals surface area contributed by atoms with E-state index in [0.717, 1.165) is 4.57 Å². The summed E-state index contributed by atoms with van der Waals surface area (Å²) >= 11 is 0. The van der Waals surface area contributed by atoms with Gasteiger partial charge in [-0.15, -0.1) is 0 Å². The van der Waals surface area contributed by atoms with Crippen LogP contribution < -0.4 is 11.2 Å². The smallest absolute Gasteiger partial charge is 0.330 e. The van der Waals surface area contributed by atoms with E-state index in [1.165, 1.54) is 14.0 Å². The van der Waals surface area contributed by atoms with Crippen LogP contribution in [0.5, 0.6) is 0 Å². The van der Waals surface area contributed by atoms with E-state index in [1.54, 1.807) is 30.3 Å². The first-order valence-electron chi connectivity index (χ1n) is 5.98. The lowest BCUT2D eigenvalue weighted by Gasteiger charge is -2.12. The second-order valence-corrected chi connectivity index (χ2v) is 4.27. The number of ether oxygens (including phenoxy) is 1. The zero-order valence-corrected chi connectivity index (χ0v) is 11.2. The summed E-state index contributed by atoms with van der Waals surface area (Å²) in [6, 6.07) is 8.47. The number of nitrogens with zero attached hydrogens (tertiary/aromatic N) is 1. The van der Waals surface area contributed by atoms with Gasteiger partial charge in [0.1, 0.15) is 12.4 Å². The summed E-state index contributed by atoms with van der Waals surface area (Å²) in [4.78, 5) is 38.2. The Balaban J connectivity index is 2.69. The van der Waals surface area contributed by atoms with Gasteiger partial charge in [0.2, 0.25) is 5.78 Å². The molecule has 0 saturated carbocycles. The number of ketones is 1. The molecule has 2 rings (SSSR count). The molecular weight excluding hydrogens is 260 g/mol.